The number of benzene rings is 2. The number of rotatable bonds is 8. The molecule has 2 aromatic rings. The van der Waals surface area contributed by atoms with Crippen molar-refractivity contribution in [3.63, 3.8) is 0 Å². The standard InChI is InChI=1S/C23H25NO4/c1-2-9-19-15-21(28-22(19)25)20(14-17-10-5-3-6-11-17)24-23(26)27-16-18-12-7-4-8-13-18/h2-8,10-13,19-21H,1,9,14-16H2,(H,24,26)/t19-,20+,21+/m1/s1. The maximum Gasteiger partial charge on any atom is 0.407 e. The van der Waals surface area contributed by atoms with Crippen molar-refractivity contribution in [2.24, 2.45) is 5.92 Å². The lowest BCUT2D eigenvalue weighted by atomic mass is 9.94. The summed E-state index contributed by atoms with van der Waals surface area (Å²) in [5.41, 5.74) is 1.97. The third kappa shape index (κ3) is 5.46. The Morgan fingerprint density at radius 3 is 2.43 bits per heavy atom. The molecule has 1 aliphatic heterocycles. The molecule has 5 nitrogen and oxygen atoms in total. The van der Waals surface area contributed by atoms with Crippen LogP contribution in [0, 0.1) is 5.92 Å². The van der Waals surface area contributed by atoms with E-state index in [-0.39, 0.29) is 30.6 Å². The molecule has 146 valence electrons. The van der Waals surface area contributed by atoms with Gasteiger partial charge in [-0.3, -0.25) is 4.79 Å². The Morgan fingerprint density at radius 1 is 1.14 bits per heavy atom. The van der Waals surface area contributed by atoms with E-state index >= 15 is 0 Å². The molecule has 1 aliphatic rings. The molecule has 1 amide bonds. The van der Waals surface area contributed by atoms with Crippen LogP contribution in [0.15, 0.2) is 73.3 Å². The Balaban J connectivity index is 1.64. The van der Waals surface area contributed by atoms with Gasteiger partial charge in [-0.15, -0.1) is 6.58 Å². The minimum absolute atomic E-state index is 0.189. The van der Waals surface area contributed by atoms with Crippen LogP contribution in [0.5, 0.6) is 0 Å². The van der Waals surface area contributed by atoms with Gasteiger partial charge in [0.2, 0.25) is 0 Å². The first-order valence-electron chi connectivity index (χ1n) is 9.48. The summed E-state index contributed by atoms with van der Waals surface area (Å²) < 4.78 is 10.9. The van der Waals surface area contributed by atoms with Gasteiger partial charge in [-0.1, -0.05) is 66.7 Å². The van der Waals surface area contributed by atoms with Crippen molar-refractivity contribution >= 4 is 12.1 Å². The first-order chi connectivity index (χ1) is 13.7. The second-order valence-corrected chi connectivity index (χ2v) is 6.93. The first-order valence-corrected chi connectivity index (χ1v) is 9.48. The third-order valence-corrected chi connectivity index (χ3v) is 4.83. The Morgan fingerprint density at radius 2 is 1.79 bits per heavy atom. The minimum Gasteiger partial charge on any atom is -0.460 e. The van der Waals surface area contributed by atoms with Gasteiger partial charge in [0.1, 0.15) is 12.7 Å². The molecule has 5 heteroatoms. The summed E-state index contributed by atoms with van der Waals surface area (Å²) >= 11 is 0. The molecule has 0 aliphatic carbocycles. The Labute approximate surface area is 165 Å². The van der Waals surface area contributed by atoms with E-state index in [9.17, 15) is 9.59 Å². The van der Waals surface area contributed by atoms with Crippen LogP contribution < -0.4 is 5.32 Å². The van der Waals surface area contributed by atoms with Crippen LogP contribution >= 0.6 is 0 Å². The second kappa shape index (κ2) is 9.74. The predicted octanol–water partition coefficient (Wildman–Crippen LogP) is 4.03. The van der Waals surface area contributed by atoms with Crippen molar-refractivity contribution in [1.82, 2.24) is 5.32 Å². The number of allylic oxidation sites excluding steroid dienone is 1. The van der Waals surface area contributed by atoms with Crippen LogP contribution in [0.2, 0.25) is 0 Å². The average Bonchev–Trinajstić information content (AvgIpc) is 3.08. The van der Waals surface area contributed by atoms with Crippen molar-refractivity contribution < 1.29 is 19.1 Å². The number of ether oxygens (including phenoxy) is 2. The minimum atomic E-state index is -0.520. The van der Waals surface area contributed by atoms with Gasteiger partial charge < -0.3 is 14.8 Å². The van der Waals surface area contributed by atoms with Crippen molar-refractivity contribution in [1.29, 1.82) is 0 Å². The van der Waals surface area contributed by atoms with E-state index in [4.69, 9.17) is 9.47 Å². The largest absolute Gasteiger partial charge is 0.460 e. The monoisotopic (exact) mass is 379 g/mol. The molecule has 0 bridgehead atoms. The van der Waals surface area contributed by atoms with E-state index in [1.165, 1.54) is 0 Å². The van der Waals surface area contributed by atoms with Crippen LogP contribution in [0.3, 0.4) is 0 Å². The molecule has 3 rings (SSSR count). The van der Waals surface area contributed by atoms with Gasteiger partial charge in [-0.05, 0) is 30.4 Å². The van der Waals surface area contributed by atoms with Gasteiger partial charge in [0, 0.05) is 0 Å². The van der Waals surface area contributed by atoms with E-state index in [1.54, 1.807) is 6.08 Å². The summed E-state index contributed by atoms with van der Waals surface area (Å²) in [6.07, 6.45) is 2.50. The molecule has 0 spiro atoms. The lowest BCUT2D eigenvalue weighted by molar-refractivity contribution is -0.145. The van der Waals surface area contributed by atoms with Gasteiger partial charge in [-0.25, -0.2) is 4.79 Å². The lowest BCUT2D eigenvalue weighted by Crippen LogP contribution is -2.45. The molecule has 28 heavy (non-hydrogen) atoms. The van der Waals surface area contributed by atoms with E-state index in [0.29, 0.717) is 19.3 Å². The summed E-state index contributed by atoms with van der Waals surface area (Å²) in [4.78, 5) is 24.5. The molecule has 1 fully saturated rings. The molecule has 0 saturated carbocycles. The number of hydrogen-bond donors (Lipinski definition) is 1. The first kappa shape index (κ1) is 19.7. The highest BCUT2D eigenvalue weighted by atomic mass is 16.6. The molecule has 1 saturated heterocycles. The van der Waals surface area contributed by atoms with Gasteiger partial charge in [0.15, 0.2) is 0 Å². The molecular weight excluding hydrogens is 354 g/mol. The molecule has 3 atom stereocenters. The molecular formula is C23H25NO4. The van der Waals surface area contributed by atoms with E-state index in [0.717, 1.165) is 11.1 Å². The summed E-state index contributed by atoms with van der Waals surface area (Å²) in [5.74, 6) is -0.440. The SMILES string of the molecule is C=CC[C@@H]1C[C@@H]([C@H](Cc2ccccc2)NC(=O)OCc2ccccc2)OC1=O. The maximum atomic E-state index is 12.4. The molecule has 1 heterocycles. The number of alkyl carbamates (subject to hydrolysis) is 1. The number of carbonyl (C=O) groups is 2. The number of carbonyl (C=O) groups excluding carboxylic acids is 2. The van der Waals surface area contributed by atoms with Crippen LogP contribution in [0.25, 0.3) is 0 Å². The van der Waals surface area contributed by atoms with Gasteiger partial charge in [0.05, 0.1) is 12.0 Å². The van der Waals surface area contributed by atoms with E-state index < -0.39 is 6.09 Å². The summed E-state index contributed by atoms with van der Waals surface area (Å²) in [6, 6.07) is 18.9. The zero-order chi connectivity index (χ0) is 19.8. The molecule has 0 radical (unpaired) electrons. The Kier molecular flexibility index (Phi) is 6.84. The normalized spacial score (nSPS) is 19.5. The number of cyclic esters (lactones) is 1. The van der Waals surface area contributed by atoms with E-state index in [2.05, 4.69) is 11.9 Å². The van der Waals surface area contributed by atoms with Crippen molar-refractivity contribution in [2.45, 2.75) is 38.0 Å². The fourth-order valence-corrected chi connectivity index (χ4v) is 3.37. The van der Waals surface area contributed by atoms with Gasteiger partial charge >= 0.3 is 12.1 Å². The molecule has 2 aromatic carbocycles. The molecule has 0 unspecified atom stereocenters. The van der Waals surface area contributed by atoms with Crippen molar-refractivity contribution in [3.8, 4) is 0 Å². The molecule has 1 N–H and O–H groups in total. The highest BCUT2D eigenvalue weighted by Gasteiger charge is 2.39. The third-order valence-electron chi connectivity index (χ3n) is 4.83. The number of esters is 1. The average molecular weight is 379 g/mol. The lowest BCUT2D eigenvalue weighted by Gasteiger charge is -2.23. The number of amides is 1. The zero-order valence-corrected chi connectivity index (χ0v) is 15.8. The van der Waals surface area contributed by atoms with Crippen LogP contribution in [-0.2, 0) is 27.3 Å². The van der Waals surface area contributed by atoms with Crippen molar-refractivity contribution in [3.05, 3.63) is 84.4 Å². The number of nitrogens with one attached hydrogen (secondary N) is 1. The van der Waals surface area contributed by atoms with Gasteiger partial charge in [0.25, 0.3) is 0 Å². The Hall–Kier alpha value is -3.08. The van der Waals surface area contributed by atoms with Crippen LogP contribution in [0.1, 0.15) is 24.0 Å². The van der Waals surface area contributed by atoms with Gasteiger partial charge in [-0.2, -0.15) is 0 Å². The predicted molar refractivity (Wildman–Crippen MR) is 106 cm³/mol. The second-order valence-electron chi connectivity index (χ2n) is 6.93. The fourth-order valence-electron chi connectivity index (χ4n) is 3.37. The quantitative estimate of drug-likeness (QED) is 0.555. The highest BCUT2D eigenvalue weighted by molar-refractivity contribution is 5.75. The Bertz CT molecular complexity index is 791. The summed E-state index contributed by atoms with van der Waals surface area (Å²) in [7, 11) is 0. The maximum absolute atomic E-state index is 12.4. The number of hydrogen-bond acceptors (Lipinski definition) is 4. The highest BCUT2D eigenvalue weighted by Crippen LogP contribution is 2.27. The van der Waals surface area contributed by atoms with Crippen molar-refractivity contribution in [2.75, 3.05) is 0 Å². The molecule has 0 aromatic heterocycles. The summed E-state index contributed by atoms with van der Waals surface area (Å²) in [5, 5.41) is 2.90. The zero-order valence-electron chi connectivity index (χ0n) is 15.8. The van der Waals surface area contributed by atoms with Crippen LogP contribution in [0.4, 0.5) is 4.79 Å². The topological polar surface area (TPSA) is 64.6 Å². The van der Waals surface area contributed by atoms with E-state index in [1.807, 2.05) is 60.7 Å². The van der Waals surface area contributed by atoms with Crippen LogP contribution in [-0.4, -0.2) is 24.2 Å². The summed E-state index contributed by atoms with van der Waals surface area (Å²) in [6.45, 7) is 3.89. The smallest absolute Gasteiger partial charge is 0.407 e. The fraction of sp³-hybridized carbons (Fsp3) is 0.304.